The lowest BCUT2D eigenvalue weighted by atomic mass is 10.1. The molecule has 0 saturated carbocycles. The first kappa shape index (κ1) is 10.1. The number of hydrogen-bond donors (Lipinski definition) is 0. The average molecular weight is 160 g/mol. The van der Waals surface area contributed by atoms with Gasteiger partial charge in [-0.15, -0.1) is 0 Å². The number of carbonyl (C=O) groups excluding carboxylic acids is 1. The molecule has 0 saturated heterocycles. The topological polar surface area (TPSA) is 26.3 Å². The van der Waals surface area contributed by atoms with Gasteiger partial charge in [0.15, 0.2) is 0 Å². The Morgan fingerprint density at radius 1 is 1.73 bits per heavy atom. The van der Waals surface area contributed by atoms with Gasteiger partial charge in [-0.25, -0.2) is 4.79 Å². The van der Waals surface area contributed by atoms with Crippen LogP contribution in [0.3, 0.4) is 0 Å². The highest BCUT2D eigenvalue weighted by atomic mass is 19.3. The van der Waals surface area contributed by atoms with Crippen LogP contribution >= 0.6 is 0 Å². The molecular weight excluding hydrogens is 147 g/mol. The van der Waals surface area contributed by atoms with E-state index in [2.05, 4.69) is 4.94 Å². The highest BCUT2D eigenvalue weighted by molar-refractivity contribution is 5.73. The summed E-state index contributed by atoms with van der Waals surface area (Å²) in [6, 6.07) is 0. The van der Waals surface area contributed by atoms with Crippen LogP contribution in [0.15, 0.2) is 12.2 Å². The van der Waals surface area contributed by atoms with Gasteiger partial charge in [0, 0.05) is 4.53 Å². The molecule has 0 heterocycles. The SMILES string of the molecule is CCCC=CC(C)C(=O)OF. The van der Waals surface area contributed by atoms with E-state index in [-0.39, 0.29) is 0 Å². The van der Waals surface area contributed by atoms with Crippen LogP contribution in [0.2, 0.25) is 0 Å². The summed E-state index contributed by atoms with van der Waals surface area (Å²) in [7, 11) is 0. The van der Waals surface area contributed by atoms with E-state index in [0.717, 1.165) is 12.8 Å². The zero-order chi connectivity index (χ0) is 8.69. The zero-order valence-corrected chi connectivity index (χ0v) is 6.84. The van der Waals surface area contributed by atoms with E-state index in [9.17, 15) is 9.32 Å². The molecule has 1 unspecified atom stereocenters. The van der Waals surface area contributed by atoms with Crippen LogP contribution in [0.4, 0.5) is 4.53 Å². The lowest BCUT2D eigenvalue weighted by Crippen LogP contribution is -2.07. The van der Waals surface area contributed by atoms with Gasteiger partial charge >= 0.3 is 5.97 Å². The third-order valence-electron chi connectivity index (χ3n) is 1.33. The van der Waals surface area contributed by atoms with Gasteiger partial charge in [-0.2, -0.15) is 0 Å². The molecule has 0 amide bonds. The van der Waals surface area contributed by atoms with E-state index in [1.54, 1.807) is 13.0 Å². The molecule has 0 aliphatic rings. The van der Waals surface area contributed by atoms with Crippen molar-refractivity contribution in [2.75, 3.05) is 0 Å². The van der Waals surface area contributed by atoms with Gasteiger partial charge in [0.05, 0.1) is 5.92 Å². The van der Waals surface area contributed by atoms with Gasteiger partial charge in [0.2, 0.25) is 0 Å². The van der Waals surface area contributed by atoms with Crippen LogP contribution in [0, 0.1) is 5.92 Å². The first-order valence-electron chi connectivity index (χ1n) is 3.71. The predicted molar refractivity (Wildman–Crippen MR) is 40.4 cm³/mol. The van der Waals surface area contributed by atoms with Crippen molar-refractivity contribution >= 4 is 5.97 Å². The minimum absolute atomic E-state index is 0.480. The summed E-state index contributed by atoms with van der Waals surface area (Å²) in [6.45, 7) is 3.62. The lowest BCUT2D eigenvalue weighted by Gasteiger charge is -1.97. The Hall–Kier alpha value is -0.860. The summed E-state index contributed by atoms with van der Waals surface area (Å²) in [5.74, 6) is -1.32. The normalized spacial score (nSPS) is 13.4. The molecule has 0 spiro atoms. The maximum absolute atomic E-state index is 11.3. The van der Waals surface area contributed by atoms with E-state index < -0.39 is 11.9 Å². The molecule has 3 heteroatoms. The van der Waals surface area contributed by atoms with Crippen molar-refractivity contribution in [2.45, 2.75) is 26.7 Å². The first-order chi connectivity index (χ1) is 5.22. The van der Waals surface area contributed by atoms with Crippen LogP contribution in [-0.2, 0) is 9.74 Å². The van der Waals surface area contributed by atoms with E-state index >= 15 is 0 Å². The van der Waals surface area contributed by atoms with E-state index in [1.807, 2.05) is 13.0 Å². The number of hydrogen-bond acceptors (Lipinski definition) is 2. The second-order valence-corrected chi connectivity index (χ2v) is 2.40. The summed E-state index contributed by atoms with van der Waals surface area (Å²) >= 11 is 0. The van der Waals surface area contributed by atoms with E-state index in [1.165, 1.54) is 0 Å². The summed E-state index contributed by atoms with van der Waals surface area (Å²) in [6.07, 6.45) is 5.42. The third-order valence-corrected chi connectivity index (χ3v) is 1.33. The summed E-state index contributed by atoms with van der Waals surface area (Å²) in [5, 5.41) is 0. The van der Waals surface area contributed by atoms with Gasteiger partial charge in [0.1, 0.15) is 0 Å². The third kappa shape index (κ3) is 4.53. The Morgan fingerprint density at radius 2 is 2.36 bits per heavy atom. The van der Waals surface area contributed by atoms with Crippen molar-refractivity contribution in [3.8, 4) is 0 Å². The molecule has 1 atom stereocenters. The fraction of sp³-hybridized carbons (Fsp3) is 0.625. The predicted octanol–water partition coefficient (Wildman–Crippen LogP) is 2.41. The smallest absolute Gasteiger partial charge is 0.254 e. The monoisotopic (exact) mass is 160 g/mol. The molecule has 0 aliphatic heterocycles. The standard InChI is InChI=1S/C8H13FO2/c1-3-4-5-6-7(2)8(10)11-9/h5-7H,3-4H2,1-2H3. The maximum atomic E-state index is 11.3. The minimum Gasteiger partial charge on any atom is -0.254 e. The molecule has 0 rings (SSSR count). The Labute approximate surface area is 65.9 Å². The molecule has 0 aromatic heterocycles. The molecule has 11 heavy (non-hydrogen) atoms. The van der Waals surface area contributed by atoms with Crippen molar-refractivity contribution < 1.29 is 14.3 Å². The molecule has 0 aromatic rings. The van der Waals surface area contributed by atoms with Crippen LogP contribution in [0.25, 0.3) is 0 Å². The molecule has 0 N–H and O–H groups in total. The summed E-state index contributed by atoms with van der Waals surface area (Å²) < 4.78 is 11.3. The van der Waals surface area contributed by atoms with Crippen LogP contribution < -0.4 is 0 Å². The van der Waals surface area contributed by atoms with Gasteiger partial charge in [-0.1, -0.05) is 25.5 Å². The van der Waals surface area contributed by atoms with Crippen LogP contribution in [0.1, 0.15) is 26.7 Å². The number of allylic oxidation sites excluding steroid dienone is 1. The van der Waals surface area contributed by atoms with Gasteiger partial charge in [0.25, 0.3) is 0 Å². The van der Waals surface area contributed by atoms with Crippen molar-refractivity contribution in [3.05, 3.63) is 12.2 Å². The second-order valence-electron chi connectivity index (χ2n) is 2.40. The highest BCUT2D eigenvalue weighted by Crippen LogP contribution is 2.02. The molecule has 0 bridgehead atoms. The van der Waals surface area contributed by atoms with Crippen LogP contribution in [-0.4, -0.2) is 5.97 Å². The molecular formula is C8H13FO2. The largest absolute Gasteiger partial charge is 0.355 e. The Morgan fingerprint density at radius 3 is 2.82 bits per heavy atom. The lowest BCUT2D eigenvalue weighted by molar-refractivity contribution is -0.186. The van der Waals surface area contributed by atoms with Crippen molar-refractivity contribution in [1.29, 1.82) is 0 Å². The van der Waals surface area contributed by atoms with Gasteiger partial charge in [-0.05, 0) is 13.3 Å². The van der Waals surface area contributed by atoms with Gasteiger partial charge in [-0.3, -0.25) is 4.94 Å². The summed E-state index contributed by atoms with van der Waals surface area (Å²) in [4.78, 5) is 13.5. The average Bonchev–Trinajstić information content (AvgIpc) is 2.03. The van der Waals surface area contributed by atoms with Crippen LogP contribution in [0.5, 0.6) is 0 Å². The maximum Gasteiger partial charge on any atom is 0.355 e. The highest BCUT2D eigenvalue weighted by Gasteiger charge is 2.10. The minimum atomic E-state index is -0.836. The quantitative estimate of drug-likeness (QED) is 0.590. The van der Waals surface area contributed by atoms with Gasteiger partial charge < -0.3 is 0 Å². The molecule has 0 aromatic carbocycles. The number of rotatable bonds is 4. The zero-order valence-electron chi connectivity index (χ0n) is 6.84. The Balaban J connectivity index is 3.66. The molecule has 2 nitrogen and oxygen atoms in total. The Kier molecular flexibility index (Phi) is 5.43. The number of halogens is 1. The molecule has 64 valence electrons. The fourth-order valence-corrected chi connectivity index (χ4v) is 0.616. The first-order valence-corrected chi connectivity index (χ1v) is 3.71. The fourth-order valence-electron chi connectivity index (χ4n) is 0.616. The summed E-state index contributed by atoms with van der Waals surface area (Å²) in [5.41, 5.74) is 0. The van der Waals surface area contributed by atoms with E-state index in [0.29, 0.717) is 0 Å². The number of unbranched alkanes of at least 4 members (excludes halogenated alkanes) is 1. The molecule has 0 fully saturated rings. The second kappa shape index (κ2) is 5.89. The van der Waals surface area contributed by atoms with Crippen molar-refractivity contribution in [3.63, 3.8) is 0 Å². The van der Waals surface area contributed by atoms with E-state index in [4.69, 9.17) is 0 Å². The molecule has 0 aliphatic carbocycles. The number of carbonyl (C=O) groups is 1. The van der Waals surface area contributed by atoms with Crippen molar-refractivity contribution in [1.82, 2.24) is 0 Å². The molecule has 0 radical (unpaired) electrons. The van der Waals surface area contributed by atoms with Crippen molar-refractivity contribution in [2.24, 2.45) is 5.92 Å². The Bertz CT molecular complexity index is 143.